The summed E-state index contributed by atoms with van der Waals surface area (Å²) in [4.78, 5) is 14.2. The van der Waals surface area contributed by atoms with E-state index in [0.717, 1.165) is 6.42 Å². The van der Waals surface area contributed by atoms with E-state index < -0.39 is 0 Å². The number of carbonyl (C=O) groups excluding carboxylic acids is 1. The molecule has 1 heterocycles. The van der Waals surface area contributed by atoms with Gasteiger partial charge in [0.1, 0.15) is 5.37 Å². The zero-order valence-corrected chi connectivity index (χ0v) is 12.7. The minimum atomic E-state index is 0.159. The Bertz CT molecular complexity index is 406. The summed E-state index contributed by atoms with van der Waals surface area (Å²) in [6, 6.07) is 10.3. The van der Waals surface area contributed by atoms with Crippen LogP contribution in [0.5, 0.6) is 0 Å². The van der Waals surface area contributed by atoms with E-state index in [1.807, 2.05) is 41.9 Å². The monoisotopic (exact) mass is 277 g/mol. The van der Waals surface area contributed by atoms with Gasteiger partial charge in [-0.1, -0.05) is 62.9 Å². The first-order chi connectivity index (χ1) is 9.24. The molecular weight excluding hydrogens is 254 g/mol. The Morgan fingerprint density at radius 3 is 2.58 bits per heavy atom. The lowest BCUT2D eigenvalue weighted by Crippen LogP contribution is -2.27. The average Bonchev–Trinajstić information content (AvgIpc) is 2.73. The van der Waals surface area contributed by atoms with Gasteiger partial charge >= 0.3 is 0 Å². The van der Waals surface area contributed by atoms with Crippen LogP contribution in [-0.2, 0) is 4.79 Å². The first-order valence-corrected chi connectivity index (χ1v) is 8.15. The standard InChI is InChI=1S/C16H23NOS/c1-3-4-5-9-12-14-15(18)17(2)16(19-14)13-10-7-6-8-11-13/h6-8,10-11,14,16H,3-5,9,12H2,1-2H3/t14-,16+/m1/s1. The van der Waals surface area contributed by atoms with Gasteiger partial charge in [0.15, 0.2) is 0 Å². The molecule has 0 aliphatic carbocycles. The maximum absolute atomic E-state index is 12.3. The molecule has 2 rings (SSSR count). The Labute approximate surface area is 120 Å². The van der Waals surface area contributed by atoms with Crippen molar-refractivity contribution < 1.29 is 4.79 Å². The van der Waals surface area contributed by atoms with E-state index in [-0.39, 0.29) is 10.6 Å². The molecule has 1 aromatic carbocycles. The third-order valence-corrected chi connectivity index (χ3v) is 5.28. The smallest absolute Gasteiger partial charge is 0.236 e. The Balaban J connectivity index is 1.93. The molecule has 1 aliphatic heterocycles. The molecule has 1 amide bonds. The van der Waals surface area contributed by atoms with Crippen LogP contribution in [0.2, 0.25) is 0 Å². The normalized spacial score (nSPS) is 23.1. The number of carbonyl (C=O) groups is 1. The summed E-state index contributed by atoms with van der Waals surface area (Å²) in [6.45, 7) is 2.22. The van der Waals surface area contributed by atoms with Crippen LogP contribution in [0.15, 0.2) is 30.3 Å². The minimum Gasteiger partial charge on any atom is -0.329 e. The fourth-order valence-corrected chi connectivity index (χ4v) is 4.01. The zero-order chi connectivity index (χ0) is 13.7. The van der Waals surface area contributed by atoms with E-state index in [1.54, 1.807) is 0 Å². The predicted octanol–water partition coefficient (Wildman–Crippen LogP) is 4.23. The van der Waals surface area contributed by atoms with Crippen LogP contribution < -0.4 is 0 Å². The molecule has 0 aromatic heterocycles. The number of amides is 1. The second-order valence-corrected chi connectivity index (χ2v) is 6.47. The highest BCUT2D eigenvalue weighted by molar-refractivity contribution is 8.01. The molecule has 1 aromatic rings. The molecular formula is C16H23NOS. The van der Waals surface area contributed by atoms with Gasteiger partial charge in [-0.3, -0.25) is 4.79 Å². The number of thioether (sulfide) groups is 1. The van der Waals surface area contributed by atoms with Crippen LogP contribution in [-0.4, -0.2) is 23.1 Å². The molecule has 1 saturated heterocycles. The SMILES string of the molecule is CCCCCC[C@H]1S[C@@H](c2ccccc2)N(C)C1=O. The fourth-order valence-electron chi connectivity index (χ4n) is 2.52. The summed E-state index contributed by atoms with van der Waals surface area (Å²) in [5.41, 5.74) is 1.24. The predicted molar refractivity (Wildman–Crippen MR) is 82.1 cm³/mol. The Morgan fingerprint density at radius 1 is 1.16 bits per heavy atom. The largest absolute Gasteiger partial charge is 0.329 e. The molecule has 0 saturated carbocycles. The van der Waals surface area contributed by atoms with Gasteiger partial charge in [0, 0.05) is 7.05 Å². The first kappa shape index (κ1) is 14.4. The van der Waals surface area contributed by atoms with Crippen molar-refractivity contribution in [1.29, 1.82) is 0 Å². The van der Waals surface area contributed by atoms with E-state index in [1.165, 1.54) is 31.2 Å². The van der Waals surface area contributed by atoms with Crippen molar-refractivity contribution >= 4 is 17.7 Å². The fraction of sp³-hybridized carbons (Fsp3) is 0.562. The lowest BCUT2D eigenvalue weighted by Gasteiger charge is -2.18. The number of nitrogens with zero attached hydrogens (tertiary/aromatic N) is 1. The molecule has 0 unspecified atom stereocenters. The van der Waals surface area contributed by atoms with Crippen LogP contribution in [0, 0.1) is 0 Å². The van der Waals surface area contributed by atoms with Crippen molar-refractivity contribution in [3.8, 4) is 0 Å². The van der Waals surface area contributed by atoms with Crippen molar-refractivity contribution in [2.24, 2.45) is 0 Å². The van der Waals surface area contributed by atoms with Crippen molar-refractivity contribution in [2.75, 3.05) is 7.05 Å². The number of rotatable bonds is 6. The van der Waals surface area contributed by atoms with E-state index in [2.05, 4.69) is 19.1 Å². The van der Waals surface area contributed by atoms with Gasteiger partial charge in [-0.05, 0) is 12.0 Å². The van der Waals surface area contributed by atoms with Crippen molar-refractivity contribution in [3.05, 3.63) is 35.9 Å². The molecule has 3 heteroatoms. The van der Waals surface area contributed by atoms with Gasteiger partial charge in [-0.25, -0.2) is 0 Å². The average molecular weight is 277 g/mol. The molecule has 104 valence electrons. The number of hydrogen-bond acceptors (Lipinski definition) is 2. The van der Waals surface area contributed by atoms with E-state index in [9.17, 15) is 4.79 Å². The maximum Gasteiger partial charge on any atom is 0.236 e. The number of hydrogen-bond donors (Lipinski definition) is 0. The van der Waals surface area contributed by atoms with Gasteiger partial charge in [0.05, 0.1) is 5.25 Å². The summed E-state index contributed by atoms with van der Waals surface area (Å²) in [5.74, 6) is 0.301. The van der Waals surface area contributed by atoms with Crippen molar-refractivity contribution in [1.82, 2.24) is 4.90 Å². The summed E-state index contributed by atoms with van der Waals surface area (Å²) in [5, 5.41) is 0.358. The highest BCUT2D eigenvalue weighted by Gasteiger charge is 2.37. The van der Waals surface area contributed by atoms with Crippen LogP contribution >= 0.6 is 11.8 Å². The quantitative estimate of drug-likeness (QED) is 0.725. The maximum atomic E-state index is 12.3. The minimum absolute atomic E-state index is 0.159. The van der Waals surface area contributed by atoms with Gasteiger partial charge in [0.25, 0.3) is 0 Å². The van der Waals surface area contributed by atoms with Gasteiger partial charge in [-0.2, -0.15) is 0 Å². The Kier molecular flexibility index (Phi) is 5.32. The summed E-state index contributed by atoms with van der Waals surface area (Å²) in [6.07, 6.45) is 5.98. The third-order valence-electron chi connectivity index (χ3n) is 3.67. The van der Waals surface area contributed by atoms with E-state index >= 15 is 0 Å². The molecule has 0 spiro atoms. The Hall–Kier alpha value is -0.960. The topological polar surface area (TPSA) is 20.3 Å². The van der Waals surface area contributed by atoms with Crippen molar-refractivity contribution in [2.45, 2.75) is 49.7 Å². The van der Waals surface area contributed by atoms with Crippen LogP contribution in [0.1, 0.15) is 50.0 Å². The second-order valence-electron chi connectivity index (χ2n) is 5.19. The van der Waals surface area contributed by atoms with Crippen LogP contribution in [0.25, 0.3) is 0 Å². The second kappa shape index (κ2) is 6.99. The highest BCUT2D eigenvalue weighted by Crippen LogP contribution is 2.43. The van der Waals surface area contributed by atoms with E-state index in [4.69, 9.17) is 0 Å². The van der Waals surface area contributed by atoms with Gasteiger partial charge in [-0.15, -0.1) is 11.8 Å². The Morgan fingerprint density at radius 2 is 1.89 bits per heavy atom. The lowest BCUT2D eigenvalue weighted by atomic mass is 10.1. The summed E-state index contributed by atoms with van der Waals surface area (Å²) < 4.78 is 0. The summed E-state index contributed by atoms with van der Waals surface area (Å²) >= 11 is 1.81. The molecule has 0 N–H and O–H groups in total. The zero-order valence-electron chi connectivity index (χ0n) is 11.8. The molecule has 0 bridgehead atoms. The third kappa shape index (κ3) is 3.53. The number of unbranched alkanes of at least 4 members (excludes halogenated alkanes) is 3. The molecule has 1 aliphatic rings. The molecule has 2 nitrogen and oxygen atoms in total. The lowest BCUT2D eigenvalue weighted by molar-refractivity contribution is -0.128. The van der Waals surface area contributed by atoms with Crippen LogP contribution in [0.4, 0.5) is 0 Å². The molecule has 2 atom stereocenters. The first-order valence-electron chi connectivity index (χ1n) is 7.21. The van der Waals surface area contributed by atoms with E-state index in [0.29, 0.717) is 5.91 Å². The van der Waals surface area contributed by atoms with Gasteiger partial charge in [0.2, 0.25) is 5.91 Å². The van der Waals surface area contributed by atoms with Crippen molar-refractivity contribution in [3.63, 3.8) is 0 Å². The van der Waals surface area contributed by atoms with Gasteiger partial charge < -0.3 is 4.90 Å². The highest BCUT2D eigenvalue weighted by atomic mass is 32.2. The molecule has 0 radical (unpaired) electrons. The summed E-state index contributed by atoms with van der Waals surface area (Å²) in [7, 11) is 1.93. The molecule has 19 heavy (non-hydrogen) atoms. The number of benzene rings is 1. The van der Waals surface area contributed by atoms with Crippen LogP contribution in [0.3, 0.4) is 0 Å². The molecule has 1 fully saturated rings.